The van der Waals surface area contributed by atoms with Crippen LogP contribution in [-0.2, 0) is 0 Å². The Bertz CT molecular complexity index is 33.0. The molecule has 408 valence electrons. The third-order valence-corrected chi connectivity index (χ3v) is 0. The average Bonchev–Trinajstić information content (AvgIpc) is 0. The van der Waals surface area contributed by atoms with E-state index in [2.05, 4.69) is 0 Å². The molecule has 0 unspecified atom stereocenters. The molecule has 0 aromatic heterocycles. The van der Waals surface area contributed by atoms with Crippen LogP contribution in [0.5, 0.6) is 0 Å². The maximum atomic E-state index is 0. The fourth-order valence-corrected chi connectivity index (χ4v) is 0. The van der Waals surface area contributed by atoms with Gasteiger partial charge in [-0.25, -0.2) is 0 Å². The first-order valence-electron chi connectivity index (χ1n) is 0. The Hall–Kier alpha value is -0.468. The largest absolute Gasteiger partial charge is 2.00 e. The van der Waals surface area contributed by atoms with Gasteiger partial charge in [0.2, 0.25) is 0 Å². The third-order valence-electron chi connectivity index (χ3n) is 0. The van der Waals surface area contributed by atoms with E-state index < -0.39 is 0 Å². The minimum Gasteiger partial charge on any atom is -1.00 e. The minimum atomic E-state index is 0. The van der Waals surface area contributed by atoms with E-state index in [9.17, 15) is 0 Å². The second-order valence-corrected chi connectivity index (χ2v) is 0. The zero-order valence-electron chi connectivity index (χ0n) is 30.4. The molecule has 0 aliphatic rings. The van der Waals surface area contributed by atoms with Crippen LogP contribution in [0.15, 0.2) is 0 Å². The first-order valence-corrected chi connectivity index (χ1v) is 0. The Morgan fingerprint density at radius 2 is 0.0577 bits per heavy atom. The number of hydrogen-bond acceptors (Lipinski definition) is 0. The maximum Gasteiger partial charge on any atom is 2.00 e. The molecule has 0 fully saturated rings. The summed E-state index contributed by atoms with van der Waals surface area (Å²) in [5.74, 6) is 0. The van der Waals surface area contributed by atoms with Crippen molar-refractivity contribution in [2.75, 3.05) is 0 Å². The molecule has 0 aromatic rings. The zero-order chi connectivity index (χ0) is 0. The van der Waals surface area contributed by atoms with Crippen molar-refractivity contribution in [3.05, 3.63) is 0 Å². The molecule has 100 N–H and O–H groups in total. The van der Waals surface area contributed by atoms with E-state index in [0.717, 1.165) is 0 Å². The molecule has 0 radical (unpaired) electrons. The fourth-order valence-electron chi connectivity index (χ4n) is 0. The van der Waals surface area contributed by atoms with Crippen LogP contribution in [0.2, 0.25) is 0 Å². The van der Waals surface area contributed by atoms with E-state index in [4.69, 9.17) is 0 Å². The van der Waals surface area contributed by atoms with Gasteiger partial charge in [-0.15, -0.1) is 0 Å². The van der Waals surface area contributed by atoms with Gasteiger partial charge in [0.1, 0.15) is 0 Å². The Morgan fingerprint density at radius 3 is 0.0577 bits per heavy atom. The van der Waals surface area contributed by atoms with Crippen LogP contribution in [0, 0.1) is 0 Å². The topological polar surface area (TPSA) is 1580 Å². The molecule has 0 aliphatic carbocycles. The molecule has 0 saturated carbocycles. The normalized spacial score (nSPS) is 0. The Balaban J connectivity index is 0. The summed E-state index contributed by atoms with van der Waals surface area (Å²) in [4.78, 5) is 0. The van der Waals surface area contributed by atoms with Crippen molar-refractivity contribution in [1.29, 1.82) is 0 Å². The van der Waals surface area contributed by atoms with Crippen molar-refractivity contribution < 1.29 is 280 Å². The molecular formula is H104Mg2O50. The standard InChI is InChI=1S/2Mg.50H2O.4H/h;;50*1H2;;;;/q2*+2;;;;;;;;;;;;;;;;;;;;;;;;;;;;;;;;;;;;;;;;;;;;;;;;;;;4*-1. The smallest absolute Gasteiger partial charge is 1.00 e. The summed E-state index contributed by atoms with van der Waals surface area (Å²) in [6, 6.07) is 0. The monoisotopic (exact) mass is 953 g/mol. The zero-order valence-corrected chi connectivity index (χ0v) is 29.2. The summed E-state index contributed by atoms with van der Waals surface area (Å²) in [7, 11) is 0. The van der Waals surface area contributed by atoms with Crippen molar-refractivity contribution in [3.63, 3.8) is 0 Å². The van der Waals surface area contributed by atoms with Crippen LogP contribution < -0.4 is 0 Å². The van der Waals surface area contributed by atoms with Gasteiger partial charge in [0.25, 0.3) is 0 Å². The van der Waals surface area contributed by atoms with Crippen LogP contribution in [0.4, 0.5) is 0 Å². The molecule has 0 atom stereocenters. The summed E-state index contributed by atoms with van der Waals surface area (Å²) in [5, 5.41) is 0. The summed E-state index contributed by atoms with van der Waals surface area (Å²) in [5.41, 5.74) is 0. The van der Waals surface area contributed by atoms with Crippen molar-refractivity contribution in [2.45, 2.75) is 0 Å². The van der Waals surface area contributed by atoms with Crippen molar-refractivity contribution in [3.8, 4) is 0 Å². The van der Waals surface area contributed by atoms with E-state index in [0.29, 0.717) is 0 Å². The Morgan fingerprint density at radius 1 is 0.0577 bits per heavy atom. The van der Waals surface area contributed by atoms with Crippen LogP contribution >= 0.6 is 0 Å². The van der Waals surface area contributed by atoms with E-state index in [1.54, 1.807) is 0 Å². The van der Waals surface area contributed by atoms with Gasteiger partial charge >= 0.3 is 46.1 Å². The summed E-state index contributed by atoms with van der Waals surface area (Å²) >= 11 is 0. The fraction of sp³-hybridized carbons (Fsp3) is 0. The van der Waals surface area contributed by atoms with E-state index in [1.807, 2.05) is 0 Å². The quantitative estimate of drug-likeness (QED) is 0.204. The summed E-state index contributed by atoms with van der Waals surface area (Å²) in [6.45, 7) is 0. The predicted octanol–water partition coefficient (Wildman–Crippen LogP) is -41.5. The van der Waals surface area contributed by atoms with Gasteiger partial charge in [-0.3, -0.25) is 0 Å². The van der Waals surface area contributed by atoms with Crippen molar-refractivity contribution in [1.82, 2.24) is 0 Å². The average molecular weight is 953 g/mol. The van der Waals surface area contributed by atoms with Gasteiger partial charge in [0.05, 0.1) is 0 Å². The van der Waals surface area contributed by atoms with Gasteiger partial charge < -0.3 is 280 Å². The van der Waals surface area contributed by atoms with Gasteiger partial charge in [0.15, 0.2) is 0 Å². The van der Waals surface area contributed by atoms with Gasteiger partial charge in [-0.1, -0.05) is 0 Å². The molecule has 52 heteroatoms. The van der Waals surface area contributed by atoms with Crippen LogP contribution in [0.25, 0.3) is 0 Å². The van der Waals surface area contributed by atoms with Crippen LogP contribution in [-0.4, -0.2) is 320 Å². The molecule has 0 spiro atoms. The minimum absolute atomic E-state index is 0. The van der Waals surface area contributed by atoms with Gasteiger partial charge in [-0.05, 0) is 0 Å². The molecule has 0 rings (SSSR count). The first-order chi connectivity index (χ1) is 0. The Kier molecular flexibility index (Phi) is 6570000000. The summed E-state index contributed by atoms with van der Waals surface area (Å²) < 4.78 is 0. The molecule has 0 amide bonds. The number of hydrogen-bond donors (Lipinski definition) is 0. The van der Waals surface area contributed by atoms with E-state index >= 15 is 0 Å². The SMILES string of the molecule is O.O.O.O.O.O.O.O.O.O.O.O.O.O.O.O.O.O.O.O.O.O.O.O.O.O.O.O.O.O.O.O.O.O.O.O.O.O.O.O.O.O.O.O.O.O.O.O.O.O.[H-].[H-].[H-].[H-].[Mg+2].[Mg+2]. The molecule has 0 aromatic carbocycles. The molecule has 0 bridgehead atoms. The summed E-state index contributed by atoms with van der Waals surface area (Å²) in [6.07, 6.45) is 0. The van der Waals surface area contributed by atoms with E-state index in [1.165, 1.54) is 0 Å². The van der Waals surface area contributed by atoms with Gasteiger partial charge in [0, 0.05) is 0 Å². The third kappa shape index (κ3) is 534000. The van der Waals surface area contributed by atoms with Crippen molar-refractivity contribution in [2.24, 2.45) is 0 Å². The second kappa shape index (κ2) is 567000. The first kappa shape index (κ1) is 602000. The molecule has 0 saturated heterocycles. The van der Waals surface area contributed by atoms with Crippen LogP contribution in [0.1, 0.15) is 5.71 Å². The predicted molar refractivity (Wildman–Crippen MR) is 197 cm³/mol. The Labute approximate surface area is 326 Å². The molecule has 52 heavy (non-hydrogen) atoms. The second-order valence-electron chi connectivity index (χ2n) is 0. The van der Waals surface area contributed by atoms with E-state index in [-0.39, 0.29) is 326 Å². The van der Waals surface area contributed by atoms with Crippen LogP contribution in [0.3, 0.4) is 0 Å². The molecule has 0 heterocycles. The van der Waals surface area contributed by atoms with Crippen molar-refractivity contribution >= 4 is 46.1 Å². The van der Waals surface area contributed by atoms with Gasteiger partial charge in [-0.2, -0.15) is 0 Å². The molecular weight excluding hydrogens is 849 g/mol. The number of rotatable bonds is 0. The maximum absolute atomic E-state index is 0. The molecule has 50 nitrogen and oxygen atoms in total. The molecule has 0 aliphatic heterocycles.